The lowest BCUT2D eigenvalue weighted by molar-refractivity contribution is -0.384. The molecule has 0 saturated heterocycles. The largest absolute Gasteiger partial charge is 0.330 e. The molecular weight excluding hydrogens is 570 g/mol. The number of hydrogen-bond donors (Lipinski definition) is 0. The maximum atomic E-state index is 13.9. The highest BCUT2D eigenvalue weighted by Crippen LogP contribution is 2.39. The van der Waals surface area contributed by atoms with Gasteiger partial charge in [-0.2, -0.15) is 4.31 Å². The fourth-order valence-corrected chi connectivity index (χ4v) is 7.45. The van der Waals surface area contributed by atoms with Gasteiger partial charge in [-0.3, -0.25) is 14.9 Å². The molecule has 0 fully saturated rings. The highest BCUT2D eigenvalue weighted by Gasteiger charge is 2.36. The van der Waals surface area contributed by atoms with Gasteiger partial charge in [0, 0.05) is 24.0 Å². The van der Waals surface area contributed by atoms with Crippen LogP contribution in [0.1, 0.15) is 68.1 Å². The van der Waals surface area contributed by atoms with Crippen molar-refractivity contribution in [2.24, 2.45) is 0 Å². The van der Waals surface area contributed by atoms with Crippen LogP contribution in [0.15, 0.2) is 58.8 Å². The molecule has 0 bridgehead atoms. The number of rotatable bonds is 9. The number of halogens is 1. The number of fused-ring (bicyclic) bond motifs is 1. The quantitative estimate of drug-likeness (QED) is 0.203. The van der Waals surface area contributed by atoms with Crippen molar-refractivity contribution < 1.29 is 18.1 Å². The molecule has 1 atom stereocenters. The van der Waals surface area contributed by atoms with Crippen LogP contribution in [-0.2, 0) is 26.7 Å². The molecule has 3 aromatic rings. The summed E-state index contributed by atoms with van der Waals surface area (Å²) in [5, 5.41) is 13.3. The molecule has 0 radical (unpaired) electrons. The molecule has 1 unspecified atom stereocenters. The summed E-state index contributed by atoms with van der Waals surface area (Å²) >= 11 is 7.59. The Morgan fingerprint density at radius 2 is 1.88 bits per heavy atom. The summed E-state index contributed by atoms with van der Waals surface area (Å²) in [7, 11) is -4.21. The molecule has 4 rings (SSSR count). The molecule has 1 aliphatic heterocycles. The number of hydrogen-bond acceptors (Lipinski definition) is 6. The molecule has 2 aromatic carbocycles. The first kappa shape index (κ1) is 30.2. The van der Waals surface area contributed by atoms with Crippen molar-refractivity contribution in [3.8, 4) is 0 Å². The zero-order chi connectivity index (χ0) is 29.2. The monoisotopic (exact) mass is 603 g/mol. The standard InChI is InChI=1S/C29H34ClN3O5S2/c1-5-6-15-31(40(37,38)22-11-12-24(30)25(18-22)33(35)36)19-27(34)32-16-13-26-23(14-17-39-26)28(32)20-7-9-21(10-8-20)29(2,3)4/h7-12,14,17-18,28H,5-6,13,15-16,19H2,1-4H3. The lowest BCUT2D eigenvalue weighted by Crippen LogP contribution is -2.47. The summed E-state index contributed by atoms with van der Waals surface area (Å²) in [6.45, 7) is 8.59. The fourth-order valence-electron chi connectivity index (χ4n) is 4.91. The minimum Gasteiger partial charge on any atom is -0.330 e. The number of benzene rings is 2. The van der Waals surface area contributed by atoms with Gasteiger partial charge in [-0.05, 0) is 58.5 Å². The van der Waals surface area contributed by atoms with Gasteiger partial charge in [0.15, 0.2) is 0 Å². The number of nitro groups is 1. The van der Waals surface area contributed by atoms with Crippen LogP contribution in [-0.4, -0.2) is 48.1 Å². The topological polar surface area (TPSA) is 101 Å². The predicted octanol–water partition coefficient (Wildman–Crippen LogP) is 6.57. The second-order valence-corrected chi connectivity index (χ2v) is 14.3. The van der Waals surface area contributed by atoms with Crippen LogP contribution in [0.4, 0.5) is 5.69 Å². The van der Waals surface area contributed by atoms with Crippen LogP contribution in [0.25, 0.3) is 0 Å². The number of amides is 1. The van der Waals surface area contributed by atoms with Gasteiger partial charge in [-0.15, -0.1) is 11.3 Å². The van der Waals surface area contributed by atoms with Crippen molar-refractivity contribution in [3.63, 3.8) is 0 Å². The van der Waals surface area contributed by atoms with E-state index in [4.69, 9.17) is 11.6 Å². The van der Waals surface area contributed by atoms with Crippen LogP contribution in [0.5, 0.6) is 0 Å². The number of carbonyl (C=O) groups is 1. The molecule has 8 nitrogen and oxygen atoms in total. The van der Waals surface area contributed by atoms with Crippen molar-refractivity contribution in [2.45, 2.75) is 63.3 Å². The van der Waals surface area contributed by atoms with Gasteiger partial charge in [0.05, 0.1) is 22.4 Å². The third kappa shape index (κ3) is 6.25. The van der Waals surface area contributed by atoms with Gasteiger partial charge in [-0.1, -0.05) is 70.0 Å². The van der Waals surface area contributed by atoms with Gasteiger partial charge < -0.3 is 4.90 Å². The second kappa shape index (κ2) is 12.0. The molecular formula is C29H34ClN3O5S2. The lowest BCUT2D eigenvalue weighted by atomic mass is 9.85. The highest BCUT2D eigenvalue weighted by molar-refractivity contribution is 7.89. The van der Waals surface area contributed by atoms with E-state index in [1.54, 1.807) is 16.2 Å². The summed E-state index contributed by atoms with van der Waals surface area (Å²) in [6, 6.07) is 13.4. The van der Waals surface area contributed by atoms with Crippen LogP contribution in [0, 0.1) is 10.1 Å². The predicted molar refractivity (Wildman–Crippen MR) is 158 cm³/mol. The molecule has 0 N–H and O–H groups in total. The normalized spacial score (nSPS) is 15.8. The van der Waals surface area contributed by atoms with Crippen LogP contribution >= 0.6 is 22.9 Å². The molecule has 0 saturated carbocycles. The Labute approximate surface area is 244 Å². The SMILES string of the molecule is CCCCN(CC(=O)N1CCc2sccc2C1c1ccc(C(C)(C)C)cc1)S(=O)(=O)c1ccc(Cl)c([N+](=O)[O-])c1. The number of nitrogens with zero attached hydrogens (tertiary/aromatic N) is 3. The summed E-state index contributed by atoms with van der Waals surface area (Å²) < 4.78 is 28.5. The van der Waals surface area contributed by atoms with Crippen molar-refractivity contribution in [3.05, 3.63) is 90.6 Å². The Morgan fingerprint density at radius 3 is 2.50 bits per heavy atom. The van der Waals surface area contributed by atoms with Gasteiger partial charge in [0.2, 0.25) is 15.9 Å². The molecule has 1 amide bonds. The van der Waals surface area contributed by atoms with Gasteiger partial charge >= 0.3 is 0 Å². The van der Waals surface area contributed by atoms with E-state index in [9.17, 15) is 23.3 Å². The maximum Gasteiger partial charge on any atom is 0.289 e. The summed E-state index contributed by atoms with van der Waals surface area (Å²) in [6.07, 6.45) is 1.95. The summed E-state index contributed by atoms with van der Waals surface area (Å²) in [5.74, 6) is -0.315. The molecule has 1 aromatic heterocycles. The molecule has 2 heterocycles. The number of carbonyl (C=O) groups excluding carboxylic acids is 1. The van der Waals surface area contributed by atoms with E-state index in [0.717, 1.165) is 21.5 Å². The van der Waals surface area contributed by atoms with E-state index in [0.29, 0.717) is 25.8 Å². The molecule has 1 aliphatic rings. The van der Waals surface area contributed by atoms with E-state index in [2.05, 4.69) is 45.0 Å². The summed E-state index contributed by atoms with van der Waals surface area (Å²) in [5.41, 5.74) is 2.70. The van der Waals surface area contributed by atoms with Crippen molar-refractivity contribution in [1.82, 2.24) is 9.21 Å². The first-order valence-electron chi connectivity index (χ1n) is 13.2. The molecule has 11 heteroatoms. The van der Waals surface area contributed by atoms with Gasteiger partial charge in [0.25, 0.3) is 5.69 Å². The van der Waals surface area contributed by atoms with E-state index in [-0.39, 0.29) is 40.4 Å². The maximum absolute atomic E-state index is 13.9. The fraction of sp³-hybridized carbons (Fsp3) is 0.414. The Hall–Kier alpha value is -2.79. The zero-order valence-corrected chi connectivity index (χ0v) is 25.5. The first-order valence-corrected chi connectivity index (χ1v) is 15.9. The van der Waals surface area contributed by atoms with E-state index >= 15 is 0 Å². The van der Waals surface area contributed by atoms with Crippen molar-refractivity contribution in [1.29, 1.82) is 0 Å². The Morgan fingerprint density at radius 1 is 1.18 bits per heavy atom. The molecule has 0 aliphatic carbocycles. The Kier molecular flexibility index (Phi) is 9.04. The lowest BCUT2D eigenvalue weighted by Gasteiger charge is -2.37. The smallest absolute Gasteiger partial charge is 0.289 e. The van der Waals surface area contributed by atoms with Gasteiger partial charge in [-0.25, -0.2) is 8.42 Å². The average molecular weight is 604 g/mol. The molecule has 0 spiro atoms. The zero-order valence-electron chi connectivity index (χ0n) is 23.1. The minimum absolute atomic E-state index is 0.0149. The molecule has 40 heavy (non-hydrogen) atoms. The number of sulfonamides is 1. The third-order valence-corrected chi connectivity index (χ3v) is 10.4. The average Bonchev–Trinajstić information content (AvgIpc) is 3.39. The van der Waals surface area contributed by atoms with E-state index in [1.165, 1.54) is 22.6 Å². The van der Waals surface area contributed by atoms with Crippen molar-refractivity contribution in [2.75, 3.05) is 19.6 Å². The van der Waals surface area contributed by atoms with Crippen LogP contribution in [0.2, 0.25) is 5.02 Å². The Bertz CT molecular complexity index is 1500. The third-order valence-electron chi connectivity index (χ3n) is 7.20. The summed E-state index contributed by atoms with van der Waals surface area (Å²) in [4.78, 5) is 27.3. The van der Waals surface area contributed by atoms with Crippen LogP contribution < -0.4 is 0 Å². The second-order valence-electron chi connectivity index (χ2n) is 11.0. The number of thiophene rings is 1. The number of nitro benzene ring substituents is 1. The highest BCUT2D eigenvalue weighted by atomic mass is 35.5. The molecule has 214 valence electrons. The van der Waals surface area contributed by atoms with E-state index < -0.39 is 20.6 Å². The number of unbranched alkanes of at least 4 members (excludes halogenated alkanes) is 1. The van der Waals surface area contributed by atoms with Gasteiger partial charge in [0.1, 0.15) is 5.02 Å². The Balaban J connectivity index is 1.68. The van der Waals surface area contributed by atoms with Crippen molar-refractivity contribution >= 4 is 44.6 Å². The minimum atomic E-state index is -4.21. The van der Waals surface area contributed by atoms with Crippen LogP contribution in [0.3, 0.4) is 0 Å². The first-order chi connectivity index (χ1) is 18.8. The van der Waals surface area contributed by atoms with E-state index in [1.807, 2.05) is 18.4 Å².